The number of aromatic nitrogens is 5. The third-order valence-corrected chi connectivity index (χ3v) is 5.35. The van der Waals surface area contributed by atoms with Crippen LogP contribution in [-0.2, 0) is 16.6 Å². The molecule has 0 bridgehead atoms. The maximum absolute atomic E-state index is 12.6. The molecule has 3 aromatic rings. The monoisotopic (exact) mass is 334 g/mol. The number of nitrogens with zero attached hydrogens (tertiary/aromatic N) is 5. The number of rotatable bonds is 3. The highest BCUT2D eigenvalue weighted by Gasteiger charge is 2.28. The van der Waals surface area contributed by atoms with Gasteiger partial charge in [0, 0.05) is 6.54 Å². The van der Waals surface area contributed by atoms with Gasteiger partial charge in [-0.3, -0.25) is 0 Å². The molecule has 0 amide bonds. The Morgan fingerprint density at radius 1 is 1.39 bits per heavy atom. The highest BCUT2D eigenvalue weighted by Crippen LogP contribution is 2.25. The van der Waals surface area contributed by atoms with Crippen LogP contribution in [0.4, 0.5) is 0 Å². The fourth-order valence-corrected chi connectivity index (χ4v) is 3.93. The molecule has 0 spiro atoms. The molecule has 0 saturated carbocycles. The second-order valence-electron chi connectivity index (χ2n) is 5.45. The predicted octanol–water partition coefficient (Wildman–Crippen LogP) is 0.936. The van der Waals surface area contributed by atoms with E-state index < -0.39 is 16.1 Å². The van der Waals surface area contributed by atoms with Crippen molar-refractivity contribution < 1.29 is 12.9 Å². The molecule has 0 saturated heterocycles. The summed E-state index contributed by atoms with van der Waals surface area (Å²) in [6.45, 7) is 2.49. The second kappa shape index (κ2) is 5.10. The first kappa shape index (κ1) is 14.3. The first-order valence-electron chi connectivity index (χ1n) is 7.17. The van der Waals surface area contributed by atoms with Crippen LogP contribution in [0.15, 0.2) is 28.0 Å². The van der Waals surface area contributed by atoms with Crippen LogP contribution >= 0.6 is 0 Å². The topological polar surface area (TPSA) is 116 Å². The molecule has 3 aromatic heterocycles. The molecular formula is C13H14N6O3S. The number of hydrogen-bond acceptors (Lipinski definition) is 7. The number of sulfonamides is 1. The van der Waals surface area contributed by atoms with E-state index in [2.05, 4.69) is 24.9 Å². The molecule has 1 aliphatic heterocycles. The van der Waals surface area contributed by atoms with Crippen molar-refractivity contribution in [2.24, 2.45) is 0 Å². The summed E-state index contributed by atoms with van der Waals surface area (Å²) in [5, 5.41) is 8.46. The molecule has 0 aromatic carbocycles. The summed E-state index contributed by atoms with van der Waals surface area (Å²) in [7, 11) is -3.73. The van der Waals surface area contributed by atoms with E-state index in [1.54, 1.807) is 11.6 Å². The fraction of sp³-hybridized carbons (Fsp3) is 0.385. The smallest absolute Gasteiger partial charge is 0.257 e. The molecule has 0 radical (unpaired) electrons. The minimum Gasteiger partial charge on any atom is -0.336 e. The lowest BCUT2D eigenvalue weighted by atomic mass is 10.1. The van der Waals surface area contributed by atoms with Gasteiger partial charge in [-0.05, 0) is 25.8 Å². The fourth-order valence-electron chi connectivity index (χ4n) is 2.73. The first-order valence-corrected chi connectivity index (χ1v) is 8.65. The van der Waals surface area contributed by atoms with Crippen molar-refractivity contribution in [2.45, 2.75) is 37.2 Å². The molecule has 23 heavy (non-hydrogen) atoms. The number of pyridine rings is 1. The van der Waals surface area contributed by atoms with Crippen molar-refractivity contribution in [2.75, 3.05) is 0 Å². The van der Waals surface area contributed by atoms with Gasteiger partial charge in [-0.2, -0.15) is 5.10 Å². The Hall–Kier alpha value is -2.33. The SMILES string of the molecule is Cc1noc2ncc(S(=O)(=O)N[C@H]3CCCn4ncnc43)cc12. The van der Waals surface area contributed by atoms with Crippen molar-refractivity contribution >= 4 is 21.1 Å². The first-order chi connectivity index (χ1) is 11.0. The van der Waals surface area contributed by atoms with Gasteiger partial charge in [0.2, 0.25) is 10.0 Å². The van der Waals surface area contributed by atoms with Crippen molar-refractivity contribution in [1.29, 1.82) is 0 Å². The summed E-state index contributed by atoms with van der Waals surface area (Å²) < 4.78 is 34.7. The largest absolute Gasteiger partial charge is 0.336 e. The van der Waals surface area contributed by atoms with Gasteiger partial charge in [0.1, 0.15) is 17.0 Å². The normalized spacial score (nSPS) is 18.2. The van der Waals surface area contributed by atoms with Crippen LogP contribution in [-0.4, -0.2) is 33.3 Å². The number of nitrogens with one attached hydrogen (secondary N) is 1. The van der Waals surface area contributed by atoms with E-state index >= 15 is 0 Å². The van der Waals surface area contributed by atoms with Crippen LogP contribution in [0.1, 0.15) is 30.4 Å². The average molecular weight is 334 g/mol. The van der Waals surface area contributed by atoms with Gasteiger partial charge < -0.3 is 4.52 Å². The van der Waals surface area contributed by atoms with Gasteiger partial charge in [-0.1, -0.05) is 5.16 Å². The van der Waals surface area contributed by atoms with Gasteiger partial charge >= 0.3 is 0 Å². The molecule has 4 heterocycles. The summed E-state index contributed by atoms with van der Waals surface area (Å²) in [5.41, 5.74) is 0.917. The van der Waals surface area contributed by atoms with Crippen molar-refractivity contribution in [3.63, 3.8) is 0 Å². The van der Waals surface area contributed by atoms with E-state index in [1.807, 2.05) is 0 Å². The number of hydrogen-bond donors (Lipinski definition) is 1. The van der Waals surface area contributed by atoms with E-state index in [1.165, 1.54) is 18.6 Å². The minimum absolute atomic E-state index is 0.0768. The predicted molar refractivity (Wildman–Crippen MR) is 78.9 cm³/mol. The van der Waals surface area contributed by atoms with Crippen LogP contribution < -0.4 is 4.72 Å². The van der Waals surface area contributed by atoms with Gasteiger partial charge in [0.15, 0.2) is 0 Å². The van der Waals surface area contributed by atoms with Crippen LogP contribution in [0, 0.1) is 6.92 Å². The third-order valence-electron chi connectivity index (χ3n) is 3.91. The molecular weight excluding hydrogens is 320 g/mol. The van der Waals surface area contributed by atoms with Crippen molar-refractivity contribution in [1.82, 2.24) is 29.6 Å². The Morgan fingerprint density at radius 3 is 3.13 bits per heavy atom. The summed E-state index contributed by atoms with van der Waals surface area (Å²) in [5.74, 6) is 0.634. The van der Waals surface area contributed by atoms with Gasteiger partial charge in [0.25, 0.3) is 5.71 Å². The van der Waals surface area contributed by atoms with Crippen LogP contribution in [0.3, 0.4) is 0 Å². The number of fused-ring (bicyclic) bond motifs is 2. The van der Waals surface area contributed by atoms with Crippen LogP contribution in [0.5, 0.6) is 0 Å². The average Bonchev–Trinajstić information content (AvgIpc) is 3.14. The summed E-state index contributed by atoms with van der Waals surface area (Å²) in [6, 6.07) is 1.12. The summed E-state index contributed by atoms with van der Waals surface area (Å²) in [4.78, 5) is 8.25. The zero-order chi connectivity index (χ0) is 16.0. The maximum Gasteiger partial charge on any atom is 0.257 e. The molecule has 0 fully saturated rings. The Labute approximate surface area is 131 Å². The van der Waals surface area contributed by atoms with Crippen LogP contribution in [0.2, 0.25) is 0 Å². The molecule has 0 aliphatic carbocycles. The molecule has 1 atom stereocenters. The zero-order valence-corrected chi connectivity index (χ0v) is 13.1. The van der Waals surface area contributed by atoms with E-state index in [4.69, 9.17) is 4.52 Å². The van der Waals surface area contributed by atoms with Crippen molar-refractivity contribution in [3.8, 4) is 0 Å². The summed E-state index contributed by atoms with van der Waals surface area (Å²) in [6.07, 6.45) is 4.23. The van der Waals surface area contributed by atoms with E-state index in [0.29, 0.717) is 29.0 Å². The van der Waals surface area contributed by atoms with E-state index in [9.17, 15) is 8.42 Å². The third kappa shape index (κ3) is 2.39. The lowest BCUT2D eigenvalue weighted by Crippen LogP contribution is -2.33. The number of aryl methyl sites for hydroxylation is 2. The lowest BCUT2D eigenvalue weighted by Gasteiger charge is -2.22. The second-order valence-corrected chi connectivity index (χ2v) is 7.16. The molecule has 9 nitrogen and oxygen atoms in total. The Morgan fingerprint density at radius 2 is 2.26 bits per heavy atom. The molecule has 10 heteroatoms. The van der Waals surface area contributed by atoms with E-state index in [0.717, 1.165) is 13.0 Å². The van der Waals surface area contributed by atoms with Crippen molar-refractivity contribution in [3.05, 3.63) is 30.1 Å². The van der Waals surface area contributed by atoms with Crippen LogP contribution in [0.25, 0.3) is 11.1 Å². The van der Waals surface area contributed by atoms with E-state index in [-0.39, 0.29) is 4.90 Å². The van der Waals surface area contributed by atoms with Gasteiger partial charge in [-0.25, -0.2) is 27.8 Å². The Balaban J connectivity index is 1.69. The minimum atomic E-state index is -3.73. The molecule has 1 aliphatic rings. The zero-order valence-electron chi connectivity index (χ0n) is 12.3. The Kier molecular flexibility index (Phi) is 3.16. The standard InChI is InChI=1S/C13H14N6O3S/c1-8-10-5-9(6-14-13(10)22-17-8)23(20,21)18-11-3-2-4-19-12(11)15-7-16-19/h5-7,11,18H,2-4H2,1H3/t11-/m0/s1. The lowest BCUT2D eigenvalue weighted by molar-refractivity contribution is 0.400. The Bertz CT molecular complexity index is 977. The maximum atomic E-state index is 12.6. The molecule has 1 N–H and O–H groups in total. The molecule has 4 rings (SSSR count). The van der Waals surface area contributed by atoms with Gasteiger partial charge in [0.05, 0.1) is 23.3 Å². The molecule has 0 unspecified atom stereocenters. The molecule has 120 valence electrons. The highest BCUT2D eigenvalue weighted by molar-refractivity contribution is 7.89. The van der Waals surface area contributed by atoms with Gasteiger partial charge in [-0.15, -0.1) is 0 Å². The summed E-state index contributed by atoms with van der Waals surface area (Å²) >= 11 is 0. The quantitative estimate of drug-likeness (QED) is 0.757. The highest BCUT2D eigenvalue weighted by atomic mass is 32.2.